The van der Waals surface area contributed by atoms with Crippen molar-refractivity contribution in [2.45, 2.75) is 77.9 Å². The van der Waals surface area contributed by atoms with Gasteiger partial charge in [-0.2, -0.15) is 13.2 Å². The number of benzene rings is 3. The lowest BCUT2D eigenvalue weighted by Crippen LogP contribution is -2.37. The Bertz CT molecular complexity index is 2000. The maximum atomic E-state index is 14.2. The quantitative estimate of drug-likeness (QED) is 0.148. The number of alkyl halides is 3. The maximum Gasteiger partial charge on any atom is 0.435 e. The van der Waals surface area contributed by atoms with Crippen LogP contribution in [0.15, 0.2) is 85.1 Å². The van der Waals surface area contributed by atoms with Crippen LogP contribution in [0, 0.1) is 0 Å². The van der Waals surface area contributed by atoms with Crippen LogP contribution >= 0.6 is 0 Å². The van der Waals surface area contributed by atoms with Crippen molar-refractivity contribution in [3.05, 3.63) is 108 Å². The van der Waals surface area contributed by atoms with Gasteiger partial charge in [-0.1, -0.05) is 85.8 Å². The number of nitrogens with one attached hydrogen (secondary N) is 2. The fourth-order valence-electron chi connectivity index (χ4n) is 6.32. The van der Waals surface area contributed by atoms with E-state index in [2.05, 4.69) is 19.9 Å². The molecule has 6 rings (SSSR count). The average Bonchev–Trinajstić information content (AvgIpc) is 3.91. The molecule has 1 saturated heterocycles. The van der Waals surface area contributed by atoms with Crippen LogP contribution < -0.4 is 0 Å². The minimum absolute atomic E-state index is 0.0110. The minimum Gasteiger partial charge on any atom is -0.445 e. The molecule has 0 spiro atoms. The molecule has 1 aliphatic heterocycles. The number of hydrogen-bond donors (Lipinski definition) is 2. The van der Waals surface area contributed by atoms with E-state index in [9.17, 15) is 22.8 Å². The molecular formula is C40H43F3N6O4. The van der Waals surface area contributed by atoms with Crippen molar-refractivity contribution in [2.24, 2.45) is 0 Å². The highest BCUT2D eigenvalue weighted by Gasteiger charge is 2.38. The first-order chi connectivity index (χ1) is 25.3. The van der Waals surface area contributed by atoms with Gasteiger partial charge in [-0.25, -0.2) is 19.6 Å². The molecule has 1 aliphatic rings. The summed E-state index contributed by atoms with van der Waals surface area (Å²) in [5.74, 6) is 0.703. The third kappa shape index (κ3) is 9.08. The van der Waals surface area contributed by atoms with Crippen LogP contribution in [0.3, 0.4) is 0 Å². The Hall–Kier alpha value is -5.59. The summed E-state index contributed by atoms with van der Waals surface area (Å²) in [5.41, 5.74) is 2.64. The zero-order valence-corrected chi connectivity index (χ0v) is 30.2. The van der Waals surface area contributed by atoms with Crippen LogP contribution in [0.1, 0.15) is 75.9 Å². The number of hydrogen-bond acceptors (Lipinski definition) is 6. The van der Waals surface area contributed by atoms with E-state index in [4.69, 9.17) is 9.47 Å². The molecule has 0 aliphatic carbocycles. The van der Waals surface area contributed by atoms with Crippen LogP contribution in [0.2, 0.25) is 0 Å². The number of aromatic amines is 2. The smallest absolute Gasteiger partial charge is 0.435 e. The first kappa shape index (κ1) is 37.2. The molecule has 3 heterocycles. The van der Waals surface area contributed by atoms with Crippen LogP contribution in [-0.4, -0.2) is 60.6 Å². The predicted molar refractivity (Wildman–Crippen MR) is 194 cm³/mol. The number of H-pyrrole nitrogens is 2. The normalized spacial score (nSPS) is 14.7. The number of likely N-dealkylation sites (tertiary alicyclic amines) is 1. The summed E-state index contributed by atoms with van der Waals surface area (Å²) in [4.78, 5) is 43.4. The third-order valence-electron chi connectivity index (χ3n) is 8.81. The molecule has 3 aromatic carbocycles. The van der Waals surface area contributed by atoms with Gasteiger partial charge in [0.1, 0.15) is 23.9 Å². The van der Waals surface area contributed by atoms with Crippen molar-refractivity contribution in [3.8, 4) is 33.6 Å². The van der Waals surface area contributed by atoms with Crippen LogP contribution in [0.25, 0.3) is 33.6 Å². The molecule has 2 amide bonds. The van der Waals surface area contributed by atoms with E-state index >= 15 is 0 Å². The summed E-state index contributed by atoms with van der Waals surface area (Å²) in [5, 5.41) is 0. The molecule has 53 heavy (non-hydrogen) atoms. The summed E-state index contributed by atoms with van der Waals surface area (Å²) >= 11 is 0. The van der Waals surface area contributed by atoms with Crippen molar-refractivity contribution >= 4 is 12.2 Å². The molecule has 10 nitrogen and oxygen atoms in total. The topological polar surface area (TPSA) is 116 Å². The van der Waals surface area contributed by atoms with Crippen molar-refractivity contribution in [2.75, 3.05) is 13.1 Å². The number of nitrogens with zero attached hydrogens (tertiary/aromatic N) is 4. The second-order valence-electron chi connectivity index (χ2n) is 14.0. The highest BCUT2D eigenvalue weighted by Crippen LogP contribution is 2.37. The molecule has 2 N–H and O–H groups in total. The Balaban J connectivity index is 1.14. The number of rotatable bonds is 10. The van der Waals surface area contributed by atoms with Crippen molar-refractivity contribution in [1.82, 2.24) is 29.7 Å². The number of halogens is 3. The van der Waals surface area contributed by atoms with Crippen molar-refractivity contribution < 1.29 is 32.2 Å². The largest absolute Gasteiger partial charge is 0.445 e. The Morgan fingerprint density at radius 3 is 2.17 bits per heavy atom. The zero-order chi connectivity index (χ0) is 37.8. The highest BCUT2D eigenvalue weighted by molar-refractivity contribution is 5.73. The zero-order valence-electron chi connectivity index (χ0n) is 30.2. The van der Waals surface area contributed by atoms with Gasteiger partial charge in [0.05, 0.1) is 30.2 Å². The second-order valence-corrected chi connectivity index (χ2v) is 14.0. The van der Waals surface area contributed by atoms with Gasteiger partial charge in [0, 0.05) is 18.7 Å². The van der Waals surface area contributed by atoms with Gasteiger partial charge in [-0.15, -0.1) is 0 Å². The molecule has 1 fully saturated rings. The van der Waals surface area contributed by atoms with Crippen LogP contribution in [0.5, 0.6) is 0 Å². The molecule has 0 saturated carbocycles. The van der Waals surface area contributed by atoms with E-state index in [0.717, 1.165) is 40.8 Å². The monoisotopic (exact) mass is 728 g/mol. The van der Waals surface area contributed by atoms with E-state index in [1.807, 2.05) is 61.5 Å². The second kappa shape index (κ2) is 15.6. The van der Waals surface area contributed by atoms with E-state index < -0.39 is 23.6 Å². The summed E-state index contributed by atoms with van der Waals surface area (Å²) < 4.78 is 53.5. The molecule has 278 valence electrons. The van der Waals surface area contributed by atoms with Gasteiger partial charge >= 0.3 is 18.4 Å². The fraction of sp³-hybridized carbons (Fsp3) is 0.350. The number of carbonyl (C=O) groups excluding carboxylic acids is 2. The number of amides is 2. The van der Waals surface area contributed by atoms with E-state index in [1.165, 1.54) is 4.90 Å². The van der Waals surface area contributed by atoms with Gasteiger partial charge < -0.3 is 24.3 Å². The Labute approximate surface area is 306 Å². The Morgan fingerprint density at radius 1 is 0.906 bits per heavy atom. The number of imidazole rings is 2. The first-order valence-electron chi connectivity index (χ1n) is 17.7. The lowest BCUT2D eigenvalue weighted by Gasteiger charge is -2.26. The van der Waals surface area contributed by atoms with Gasteiger partial charge in [-0.3, -0.25) is 4.90 Å². The Kier molecular flexibility index (Phi) is 10.9. The maximum absolute atomic E-state index is 14.2. The predicted octanol–water partition coefficient (Wildman–Crippen LogP) is 9.77. The summed E-state index contributed by atoms with van der Waals surface area (Å²) in [6.45, 7) is 8.00. The van der Waals surface area contributed by atoms with Gasteiger partial charge in [-0.05, 0) is 62.3 Å². The molecule has 0 unspecified atom stereocenters. The molecule has 5 aromatic rings. The molecule has 0 bridgehead atoms. The summed E-state index contributed by atoms with van der Waals surface area (Å²) in [6, 6.07) is 23.8. The summed E-state index contributed by atoms with van der Waals surface area (Å²) in [6.07, 6.45) is -1.74. The Morgan fingerprint density at radius 2 is 1.55 bits per heavy atom. The summed E-state index contributed by atoms with van der Waals surface area (Å²) in [7, 11) is 0. The van der Waals surface area contributed by atoms with Crippen LogP contribution in [-0.2, 0) is 28.8 Å². The first-order valence-corrected chi connectivity index (χ1v) is 17.7. The number of ether oxygens (including phenoxy) is 2. The SMILES string of the molecule is CCCN(Cc1nc(C(F)(F)F)c(-c2ccc(-c3ccc(-c4cnc([C@@H]5CCCN5C(=O)OCc5ccccc5)[nH]4)cc3)cc2)[nH]1)C(=O)OC(C)(C)C. The van der Waals surface area contributed by atoms with Gasteiger partial charge in [0.15, 0.2) is 5.69 Å². The average molecular weight is 729 g/mol. The lowest BCUT2D eigenvalue weighted by atomic mass is 10.0. The van der Waals surface area contributed by atoms with Crippen LogP contribution in [0.4, 0.5) is 22.8 Å². The van der Waals surface area contributed by atoms with Crippen molar-refractivity contribution in [1.29, 1.82) is 0 Å². The number of aromatic nitrogens is 4. The lowest BCUT2D eigenvalue weighted by molar-refractivity contribution is -0.140. The van der Waals surface area contributed by atoms with E-state index in [0.29, 0.717) is 30.9 Å². The third-order valence-corrected chi connectivity index (χ3v) is 8.81. The van der Waals surface area contributed by atoms with Gasteiger partial charge in [0.25, 0.3) is 0 Å². The minimum atomic E-state index is -4.71. The number of carbonyl (C=O) groups is 2. The molecule has 2 aromatic heterocycles. The van der Waals surface area contributed by atoms with Crippen molar-refractivity contribution in [3.63, 3.8) is 0 Å². The fourth-order valence-corrected chi connectivity index (χ4v) is 6.32. The standard InChI is InChI=1S/C40H43F3N6O4/c1-5-21-48(37(50)53-39(2,3)4)24-33-46-34(35(47-33)40(41,42)43)30-19-15-28(16-20-30)27-13-17-29(18-14-27)31-23-44-36(45-31)32-12-9-22-49(32)38(51)52-25-26-10-7-6-8-11-26/h6-8,10-11,13-20,23,32H,5,9,12,21-22,24-25H2,1-4H3,(H,44,45)(H,46,47)/t32-/m0/s1. The van der Waals surface area contributed by atoms with E-state index in [1.54, 1.807) is 56.1 Å². The highest BCUT2D eigenvalue weighted by atomic mass is 19.4. The molecule has 1 atom stereocenters. The molecular weight excluding hydrogens is 685 g/mol. The molecule has 0 radical (unpaired) electrons. The molecule has 13 heteroatoms. The van der Waals surface area contributed by atoms with Gasteiger partial charge in [0.2, 0.25) is 0 Å². The van der Waals surface area contributed by atoms with E-state index in [-0.39, 0.29) is 36.8 Å².